The summed E-state index contributed by atoms with van der Waals surface area (Å²) in [6, 6.07) is 0. The average molecular weight is 799 g/mol. The van der Waals surface area contributed by atoms with Crippen LogP contribution < -0.4 is 0 Å². The SMILES string of the molecule is C[C@]1(CO)[C@@H]2CC[C@]3(C)[C@H](C[C@H]4O[C@]45[C@@H]4C[C@@](C)(C=O)[C@@H](O)C[C@]4(C)[C@@H](O)C[C@]53C)[C@@]2(C)CC[C@@H]1O[C@@H]1OC[C@H](O)[C@H](O)[C@H]1O[C@@H]1O[C@H](CO)[C@@H](O)[C@H](O)[C@H]1O. The summed E-state index contributed by atoms with van der Waals surface area (Å²) in [5.74, 6) is 0.0436. The first-order valence-corrected chi connectivity index (χ1v) is 20.9. The van der Waals surface area contributed by atoms with E-state index in [1.165, 1.54) is 0 Å². The first kappa shape index (κ1) is 41.8. The lowest BCUT2D eigenvalue weighted by atomic mass is 9.31. The van der Waals surface area contributed by atoms with Gasteiger partial charge in [-0.15, -0.1) is 0 Å². The minimum Gasteiger partial charge on any atom is -0.396 e. The summed E-state index contributed by atoms with van der Waals surface area (Å²) in [5, 5.41) is 97.3. The second kappa shape index (κ2) is 13.6. The lowest BCUT2D eigenvalue weighted by molar-refractivity contribution is -0.368. The summed E-state index contributed by atoms with van der Waals surface area (Å²) in [7, 11) is 0. The van der Waals surface area contributed by atoms with E-state index >= 15 is 0 Å². The van der Waals surface area contributed by atoms with E-state index in [1.54, 1.807) is 0 Å². The third kappa shape index (κ3) is 5.35. The Labute approximate surface area is 328 Å². The third-order valence-corrected chi connectivity index (χ3v) is 18.3. The average Bonchev–Trinajstić information content (AvgIpc) is 3.90. The molecule has 1 spiro atoms. The Bertz CT molecular complexity index is 1520. The van der Waals surface area contributed by atoms with Gasteiger partial charge in [-0.2, -0.15) is 0 Å². The fourth-order valence-electron chi connectivity index (χ4n) is 14.5. The van der Waals surface area contributed by atoms with Gasteiger partial charge in [-0.25, -0.2) is 0 Å². The molecule has 0 bridgehead atoms. The number of aliphatic hydroxyl groups excluding tert-OH is 9. The zero-order valence-corrected chi connectivity index (χ0v) is 33.6. The van der Waals surface area contributed by atoms with E-state index in [2.05, 4.69) is 27.7 Å². The molecule has 3 saturated heterocycles. The highest BCUT2D eigenvalue weighted by Crippen LogP contribution is 2.83. The molecule has 56 heavy (non-hydrogen) atoms. The maximum Gasteiger partial charge on any atom is 0.187 e. The van der Waals surface area contributed by atoms with Crippen molar-refractivity contribution < 1.29 is 74.4 Å². The van der Waals surface area contributed by atoms with Crippen LogP contribution in [0.4, 0.5) is 0 Å². The van der Waals surface area contributed by atoms with Crippen molar-refractivity contribution in [1.29, 1.82) is 0 Å². The molecular weight excluding hydrogens is 732 g/mol. The molecule has 0 unspecified atom stereocenters. The molecule has 5 aliphatic carbocycles. The minimum atomic E-state index is -1.75. The standard InChI is InChI=1S/C41H66O15/c1-35(17-43)12-23-37(3,13-24(35)46)25(47)14-40(6)39(5)10-7-21-36(2,22(39)11-27-41(23,40)56-27)9-8-26(38(21,4)18-44)54-34-32(28(48)19(45)16-52-34)55-33-31(51)30(50)29(49)20(15-42)53-33/h17,19-34,42,44-51H,7-16,18H2,1-6H3/t19-,20+,21+,22+,23+,24-,25-,26-,27+,28-,29+,30-,31+,32+,33-,34-,35-,36-,37-,38-,39+,40-,41+/m0/s1. The number of fused-ring (bicyclic) bond motifs is 5. The van der Waals surface area contributed by atoms with Crippen LogP contribution in [0.5, 0.6) is 0 Å². The number of hydrogen-bond acceptors (Lipinski definition) is 15. The summed E-state index contributed by atoms with van der Waals surface area (Å²) in [4.78, 5) is 12.5. The van der Waals surface area contributed by atoms with Gasteiger partial charge in [0.15, 0.2) is 12.6 Å². The van der Waals surface area contributed by atoms with Crippen LogP contribution in [0.25, 0.3) is 0 Å². The van der Waals surface area contributed by atoms with Crippen LogP contribution in [0.2, 0.25) is 0 Å². The minimum absolute atomic E-state index is 0.0162. The Kier molecular flexibility index (Phi) is 10.1. The second-order valence-corrected chi connectivity index (χ2v) is 20.7. The monoisotopic (exact) mass is 798 g/mol. The molecule has 9 N–H and O–H groups in total. The molecule has 320 valence electrons. The molecule has 0 aromatic heterocycles. The summed E-state index contributed by atoms with van der Waals surface area (Å²) in [5.41, 5.74) is -3.80. The van der Waals surface area contributed by atoms with E-state index in [4.69, 9.17) is 23.7 Å². The number of epoxide rings is 1. The van der Waals surface area contributed by atoms with Gasteiger partial charge in [-0.1, -0.05) is 41.5 Å². The number of rotatable bonds is 7. The predicted molar refractivity (Wildman–Crippen MR) is 194 cm³/mol. The van der Waals surface area contributed by atoms with Crippen LogP contribution >= 0.6 is 0 Å². The lowest BCUT2D eigenvalue weighted by Gasteiger charge is -2.73. The normalized spacial score (nSPS) is 61.8. The Morgan fingerprint density at radius 3 is 2.11 bits per heavy atom. The molecule has 3 aliphatic heterocycles. The largest absolute Gasteiger partial charge is 0.396 e. The fourth-order valence-corrected chi connectivity index (χ4v) is 14.5. The van der Waals surface area contributed by atoms with Gasteiger partial charge in [0.1, 0.15) is 54.6 Å². The maximum absolute atomic E-state index is 12.5. The van der Waals surface area contributed by atoms with Crippen molar-refractivity contribution in [2.24, 2.45) is 50.2 Å². The number of aliphatic hydroxyl groups is 9. The van der Waals surface area contributed by atoms with Crippen molar-refractivity contribution in [3.8, 4) is 0 Å². The molecule has 8 aliphatic rings. The van der Waals surface area contributed by atoms with Gasteiger partial charge in [0.05, 0.1) is 44.2 Å². The number of aldehydes is 1. The molecule has 8 fully saturated rings. The predicted octanol–water partition coefficient (Wildman–Crippen LogP) is -0.239. The van der Waals surface area contributed by atoms with Crippen molar-refractivity contribution in [3.05, 3.63) is 0 Å². The molecule has 3 heterocycles. The van der Waals surface area contributed by atoms with E-state index in [-0.39, 0.29) is 47.9 Å². The van der Waals surface area contributed by atoms with Crippen LogP contribution in [0.1, 0.15) is 92.9 Å². The highest BCUT2D eigenvalue weighted by atomic mass is 16.8. The Morgan fingerprint density at radius 1 is 0.732 bits per heavy atom. The first-order valence-electron chi connectivity index (χ1n) is 20.9. The molecule has 15 nitrogen and oxygen atoms in total. The molecule has 0 aromatic rings. The Balaban J connectivity index is 1.06. The van der Waals surface area contributed by atoms with Gasteiger partial charge in [0.2, 0.25) is 0 Å². The quantitative estimate of drug-likeness (QED) is 0.0917. The maximum atomic E-state index is 12.5. The fraction of sp³-hybridized carbons (Fsp3) is 0.976. The second-order valence-electron chi connectivity index (χ2n) is 20.7. The molecule has 8 rings (SSSR count). The van der Waals surface area contributed by atoms with E-state index in [1.807, 2.05) is 13.8 Å². The summed E-state index contributed by atoms with van der Waals surface area (Å²) in [6.45, 7) is 11.8. The topological polar surface area (TPSA) is 249 Å². The van der Waals surface area contributed by atoms with E-state index in [0.717, 1.165) is 32.0 Å². The Morgan fingerprint density at radius 2 is 1.45 bits per heavy atom. The highest BCUT2D eigenvalue weighted by Gasteiger charge is 2.86. The zero-order valence-electron chi connectivity index (χ0n) is 33.6. The van der Waals surface area contributed by atoms with Gasteiger partial charge in [0, 0.05) is 27.6 Å². The van der Waals surface area contributed by atoms with Crippen LogP contribution in [0.15, 0.2) is 0 Å². The molecule has 0 radical (unpaired) electrons. The van der Waals surface area contributed by atoms with Gasteiger partial charge < -0.3 is 74.4 Å². The zero-order chi connectivity index (χ0) is 40.8. The smallest absolute Gasteiger partial charge is 0.187 e. The van der Waals surface area contributed by atoms with Crippen LogP contribution in [-0.4, -0.2) is 157 Å². The molecule has 0 aromatic carbocycles. The highest BCUT2D eigenvalue weighted by molar-refractivity contribution is 5.60. The van der Waals surface area contributed by atoms with Gasteiger partial charge in [-0.3, -0.25) is 0 Å². The van der Waals surface area contributed by atoms with Gasteiger partial charge in [-0.05, 0) is 74.0 Å². The van der Waals surface area contributed by atoms with Gasteiger partial charge in [0.25, 0.3) is 0 Å². The number of ether oxygens (including phenoxy) is 5. The molecule has 15 heteroatoms. The van der Waals surface area contributed by atoms with Crippen molar-refractivity contribution in [1.82, 2.24) is 0 Å². The first-order chi connectivity index (χ1) is 26.2. The summed E-state index contributed by atoms with van der Waals surface area (Å²) in [6.07, 6.45) is -9.85. The van der Waals surface area contributed by atoms with E-state index < -0.39 is 107 Å². The number of carbonyl (C=O) groups excluding carboxylic acids is 1. The van der Waals surface area contributed by atoms with Crippen molar-refractivity contribution in [3.63, 3.8) is 0 Å². The summed E-state index contributed by atoms with van der Waals surface area (Å²) >= 11 is 0. The van der Waals surface area contributed by atoms with Gasteiger partial charge >= 0.3 is 0 Å². The molecule has 5 saturated carbocycles. The molecule has 23 atom stereocenters. The number of carbonyl (C=O) groups is 1. The molecule has 0 amide bonds. The lowest BCUT2D eigenvalue weighted by Crippen LogP contribution is -2.74. The van der Waals surface area contributed by atoms with Crippen LogP contribution in [-0.2, 0) is 28.5 Å². The van der Waals surface area contributed by atoms with E-state index in [0.29, 0.717) is 25.7 Å². The van der Waals surface area contributed by atoms with Crippen molar-refractivity contribution in [2.75, 3.05) is 19.8 Å². The molecular formula is C41H66O15. The van der Waals surface area contributed by atoms with Crippen molar-refractivity contribution >= 4 is 6.29 Å². The van der Waals surface area contributed by atoms with E-state index in [9.17, 15) is 50.8 Å². The Hall–Kier alpha value is -0.890. The van der Waals surface area contributed by atoms with Crippen LogP contribution in [0, 0.1) is 50.2 Å². The number of hydrogen-bond donors (Lipinski definition) is 9. The summed E-state index contributed by atoms with van der Waals surface area (Å²) < 4.78 is 31.1. The van der Waals surface area contributed by atoms with Crippen molar-refractivity contribution in [2.45, 2.75) is 178 Å². The van der Waals surface area contributed by atoms with Crippen LogP contribution in [0.3, 0.4) is 0 Å². The third-order valence-electron chi connectivity index (χ3n) is 18.3.